The van der Waals surface area contributed by atoms with E-state index in [4.69, 9.17) is 14.0 Å². The molecule has 2 heterocycles. The van der Waals surface area contributed by atoms with Crippen molar-refractivity contribution in [3.63, 3.8) is 0 Å². The molecule has 0 fully saturated rings. The van der Waals surface area contributed by atoms with E-state index >= 15 is 0 Å². The largest absolute Gasteiger partial charge is 0.490 e. The third-order valence-electron chi connectivity index (χ3n) is 7.58. The van der Waals surface area contributed by atoms with Gasteiger partial charge in [-0.05, 0) is 65.2 Å². The summed E-state index contributed by atoms with van der Waals surface area (Å²) in [6, 6.07) is 3.75. The maximum atomic E-state index is 14.2. The Bertz CT molecular complexity index is 1350. The number of rotatable bonds is 7. The molecule has 0 bridgehead atoms. The van der Waals surface area contributed by atoms with Crippen molar-refractivity contribution in [2.45, 2.75) is 72.1 Å². The number of benzene rings is 1. The molecule has 240 valence electrons. The lowest BCUT2D eigenvalue weighted by Crippen LogP contribution is -2.47. The van der Waals surface area contributed by atoms with Crippen molar-refractivity contribution in [1.29, 1.82) is 0 Å². The first kappa shape index (κ1) is 34.3. The average Bonchev–Trinajstić information content (AvgIpc) is 3.25. The minimum absolute atomic E-state index is 0.125. The molecule has 3 N–H and O–H groups in total. The maximum Gasteiger partial charge on any atom is 0.323 e. The summed E-state index contributed by atoms with van der Waals surface area (Å²) >= 11 is 0. The Morgan fingerprint density at radius 2 is 1.95 bits per heavy atom. The highest BCUT2D eigenvalue weighted by Crippen LogP contribution is 2.29. The summed E-state index contributed by atoms with van der Waals surface area (Å²) in [7, 11) is -1.95. The minimum Gasteiger partial charge on any atom is -0.490 e. The Morgan fingerprint density at radius 1 is 1.23 bits per heavy atom. The Kier molecular flexibility index (Phi) is 12.0. The van der Waals surface area contributed by atoms with E-state index in [0.29, 0.717) is 41.6 Å². The molecule has 0 unspecified atom stereocenters. The summed E-state index contributed by atoms with van der Waals surface area (Å²) in [5, 5.41) is 19.4. The first-order valence-corrected chi connectivity index (χ1v) is 16.3. The summed E-state index contributed by atoms with van der Waals surface area (Å²) in [4.78, 5) is 28.5. The summed E-state index contributed by atoms with van der Waals surface area (Å²) in [6.45, 7) is 9.39. The number of ether oxygens (including phenoxy) is 2. The van der Waals surface area contributed by atoms with Gasteiger partial charge in [0.05, 0.1) is 36.7 Å². The third kappa shape index (κ3) is 9.39. The van der Waals surface area contributed by atoms with Crippen LogP contribution in [-0.4, -0.2) is 97.7 Å². The van der Waals surface area contributed by atoms with Gasteiger partial charge >= 0.3 is 6.03 Å². The van der Waals surface area contributed by atoms with E-state index in [-0.39, 0.29) is 37.3 Å². The quantitative estimate of drug-likeness (QED) is 0.418. The number of hydrogen-bond acceptors (Lipinski definition) is 9. The van der Waals surface area contributed by atoms with E-state index < -0.39 is 34.1 Å². The molecule has 0 saturated heterocycles. The van der Waals surface area contributed by atoms with Crippen LogP contribution < -0.4 is 15.4 Å². The molecule has 3 amide bonds. The molecule has 13 nitrogen and oxygen atoms in total. The zero-order valence-corrected chi connectivity index (χ0v) is 26.9. The maximum absolute atomic E-state index is 14.2. The monoisotopic (exact) mass is 623 g/mol. The standard InChI is InChI=1S/C29H45N5O8S/c1-18-15-34(19(2)17-35)28(36)24-14-23(30-29(37)31-27-21(4)32-42-22(27)5)11-12-25(24)41-20(3)10-8-9-13-40-26(18)16-33(6)43(7,38)39/h11-12,14,18-20,26,35H,8-10,13,15-17H2,1-7H3,(H2,30,31,37)/t18-,19+,20-,26+/m1/s1. The second-order valence-electron chi connectivity index (χ2n) is 11.3. The number of hydrogen-bond donors (Lipinski definition) is 3. The first-order valence-electron chi connectivity index (χ1n) is 14.5. The molecule has 1 aromatic heterocycles. The van der Waals surface area contributed by atoms with Crippen molar-refractivity contribution >= 4 is 33.3 Å². The van der Waals surface area contributed by atoms with Gasteiger partial charge in [-0.15, -0.1) is 0 Å². The number of aliphatic hydroxyl groups is 1. The van der Waals surface area contributed by atoms with Crippen LogP contribution in [0.25, 0.3) is 0 Å². The van der Waals surface area contributed by atoms with Gasteiger partial charge in [-0.1, -0.05) is 12.1 Å². The van der Waals surface area contributed by atoms with Crippen molar-refractivity contribution < 1.29 is 37.1 Å². The predicted molar refractivity (Wildman–Crippen MR) is 163 cm³/mol. The molecule has 0 spiro atoms. The zero-order chi connectivity index (χ0) is 31.9. The highest BCUT2D eigenvalue weighted by molar-refractivity contribution is 7.88. The molecular weight excluding hydrogens is 578 g/mol. The van der Waals surface area contributed by atoms with E-state index in [1.54, 1.807) is 39.0 Å². The Labute approximate surface area is 253 Å². The van der Waals surface area contributed by atoms with Crippen LogP contribution in [0.2, 0.25) is 0 Å². The van der Waals surface area contributed by atoms with Gasteiger partial charge in [-0.3, -0.25) is 4.79 Å². The third-order valence-corrected chi connectivity index (χ3v) is 8.87. The number of carbonyl (C=O) groups excluding carboxylic acids is 2. The molecule has 3 rings (SSSR count). The van der Waals surface area contributed by atoms with Crippen LogP contribution in [0.4, 0.5) is 16.2 Å². The van der Waals surface area contributed by atoms with Gasteiger partial charge < -0.3 is 34.6 Å². The van der Waals surface area contributed by atoms with Gasteiger partial charge in [0.2, 0.25) is 10.0 Å². The molecule has 4 atom stereocenters. The lowest BCUT2D eigenvalue weighted by molar-refractivity contribution is -0.00828. The van der Waals surface area contributed by atoms with Gasteiger partial charge in [0.25, 0.3) is 5.91 Å². The number of carbonyl (C=O) groups is 2. The molecule has 0 radical (unpaired) electrons. The Morgan fingerprint density at radius 3 is 2.58 bits per heavy atom. The molecule has 14 heteroatoms. The predicted octanol–water partition coefficient (Wildman–Crippen LogP) is 3.62. The second-order valence-corrected chi connectivity index (χ2v) is 13.4. The van der Waals surface area contributed by atoms with Crippen molar-refractivity contribution in [3.8, 4) is 5.75 Å². The van der Waals surface area contributed by atoms with E-state index in [9.17, 15) is 23.1 Å². The average molecular weight is 624 g/mol. The summed E-state index contributed by atoms with van der Waals surface area (Å²) in [5.41, 5.74) is 1.56. The van der Waals surface area contributed by atoms with Gasteiger partial charge in [-0.25, -0.2) is 17.5 Å². The van der Waals surface area contributed by atoms with Crippen LogP contribution in [0.3, 0.4) is 0 Å². The molecule has 0 aliphatic carbocycles. The van der Waals surface area contributed by atoms with Crippen LogP contribution in [0.15, 0.2) is 22.7 Å². The number of urea groups is 1. The van der Waals surface area contributed by atoms with E-state index in [2.05, 4.69) is 15.8 Å². The fraction of sp³-hybridized carbons (Fsp3) is 0.621. The van der Waals surface area contributed by atoms with Gasteiger partial charge in [0.1, 0.15) is 17.1 Å². The number of nitrogens with one attached hydrogen (secondary N) is 2. The minimum atomic E-state index is -3.45. The van der Waals surface area contributed by atoms with Crippen LogP contribution in [0.1, 0.15) is 61.8 Å². The highest BCUT2D eigenvalue weighted by Gasteiger charge is 2.31. The van der Waals surface area contributed by atoms with Crippen molar-refractivity contribution in [2.75, 3.05) is 50.2 Å². The molecular formula is C29H45N5O8S. The lowest BCUT2D eigenvalue weighted by Gasteiger charge is -2.35. The number of sulfonamides is 1. The van der Waals surface area contributed by atoms with Gasteiger partial charge in [0, 0.05) is 38.3 Å². The number of fused-ring (bicyclic) bond motifs is 1. The van der Waals surface area contributed by atoms with Crippen molar-refractivity contribution in [2.24, 2.45) is 5.92 Å². The van der Waals surface area contributed by atoms with Crippen LogP contribution >= 0.6 is 0 Å². The summed E-state index contributed by atoms with van der Waals surface area (Å²) < 4.78 is 43.1. The molecule has 2 aromatic rings. The van der Waals surface area contributed by atoms with Crippen molar-refractivity contribution in [1.82, 2.24) is 14.4 Å². The number of aliphatic hydroxyl groups excluding tert-OH is 1. The van der Waals surface area contributed by atoms with Crippen molar-refractivity contribution in [3.05, 3.63) is 35.2 Å². The van der Waals surface area contributed by atoms with Crippen LogP contribution in [0.5, 0.6) is 5.75 Å². The van der Waals surface area contributed by atoms with E-state index in [1.165, 1.54) is 16.3 Å². The number of aromatic nitrogens is 1. The summed E-state index contributed by atoms with van der Waals surface area (Å²) in [6.07, 6.45) is 2.71. The number of amides is 3. The topological polar surface area (TPSA) is 164 Å². The van der Waals surface area contributed by atoms with Gasteiger partial charge in [-0.2, -0.15) is 0 Å². The lowest BCUT2D eigenvalue weighted by atomic mass is 10.0. The fourth-order valence-corrected chi connectivity index (χ4v) is 5.21. The number of anilines is 2. The summed E-state index contributed by atoms with van der Waals surface area (Å²) in [5.74, 6) is 0.133. The number of aryl methyl sites for hydroxylation is 2. The number of likely N-dealkylation sites (N-methyl/N-ethyl adjacent to an activating group) is 1. The highest BCUT2D eigenvalue weighted by atomic mass is 32.2. The number of nitrogens with zero attached hydrogens (tertiary/aromatic N) is 3. The second kappa shape index (κ2) is 15.0. The fourth-order valence-electron chi connectivity index (χ4n) is 4.79. The Balaban J connectivity index is 1.96. The SMILES string of the molecule is Cc1noc(C)c1NC(=O)Nc1ccc2c(c1)C(=O)N([C@@H](C)CO)C[C@@H](C)[C@H](CN(C)S(C)(=O)=O)OCCCC[C@@H](C)O2. The van der Waals surface area contributed by atoms with Crippen LogP contribution in [-0.2, 0) is 14.8 Å². The van der Waals surface area contributed by atoms with E-state index in [1.807, 2.05) is 13.8 Å². The molecule has 1 aliphatic heterocycles. The molecule has 0 saturated carbocycles. The normalized spacial score (nSPS) is 21.5. The Hall–Kier alpha value is -3.20. The molecule has 1 aliphatic rings. The van der Waals surface area contributed by atoms with Crippen LogP contribution in [0, 0.1) is 19.8 Å². The first-order chi connectivity index (χ1) is 20.2. The van der Waals surface area contributed by atoms with Gasteiger partial charge in [0.15, 0.2) is 5.76 Å². The smallest absolute Gasteiger partial charge is 0.323 e. The van der Waals surface area contributed by atoms with E-state index in [0.717, 1.165) is 19.1 Å². The molecule has 43 heavy (non-hydrogen) atoms. The molecule has 1 aromatic carbocycles. The zero-order valence-electron chi connectivity index (χ0n) is 26.0.